The molecule has 0 unspecified atom stereocenters. The predicted molar refractivity (Wildman–Crippen MR) is 81.4 cm³/mol. The average Bonchev–Trinajstić information content (AvgIpc) is 3.21. The van der Waals surface area contributed by atoms with Gasteiger partial charge in [0.2, 0.25) is 10.0 Å². The van der Waals surface area contributed by atoms with Crippen LogP contribution in [0.15, 0.2) is 27.6 Å². The molecule has 1 saturated carbocycles. The van der Waals surface area contributed by atoms with E-state index in [2.05, 4.69) is 15.9 Å². The molecule has 0 heterocycles. The summed E-state index contributed by atoms with van der Waals surface area (Å²) < 4.78 is 29.0. The van der Waals surface area contributed by atoms with E-state index < -0.39 is 10.0 Å². The van der Waals surface area contributed by atoms with Gasteiger partial charge >= 0.3 is 0 Å². The highest BCUT2D eigenvalue weighted by Gasteiger charge is 2.31. The van der Waals surface area contributed by atoms with E-state index in [9.17, 15) is 13.2 Å². The Labute approximate surface area is 132 Å². The summed E-state index contributed by atoms with van der Waals surface area (Å²) in [6.07, 6.45) is 2.03. The normalized spacial score (nSPS) is 14.8. The Hall–Kier alpha value is -1.12. The number of carbonyl (C=O) groups excluding carboxylic acids is 1. The third-order valence-corrected chi connectivity index (χ3v) is 4.64. The van der Waals surface area contributed by atoms with E-state index in [0.29, 0.717) is 17.1 Å². The summed E-state index contributed by atoms with van der Waals surface area (Å²) in [6, 6.07) is 4.76. The third-order valence-electron chi connectivity index (χ3n) is 3.21. The van der Waals surface area contributed by atoms with Crippen molar-refractivity contribution in [3.63, 3.8) is 0 Å². The van der Waals surface area contributed by atoms with Gasteiger partial charge in [0.25, 0.3) is 5.91 Å². The van der Waals surface area contributed by atoms with Crippen molar-refractivity contribution in [2.75, 3.05) is 13.2 Å². The van der Waals surface area contributed by atoms with Gasteiger partial charge in [-0.25, -0.2) is 13.6 Å². The molecule has 0 atom stereocenters. The van der Waals surface area contributed by atoms with Crippen LogP contribution in [0.4, 0.5) is 0 Å². The zero-order valence-electron chi connectivity index (χ0n) is 11.6. The van der Waals surface area contributed by atoms with Crippen molar-refractivity contribution in [2.45, 2.75) is 30.7 Å². The Morgan fingerprint density at radius 2 is 2.14 bits per heavy atom. The van der Waals surface area contributed by atoms with Crippen LogP contribution in [0.3, 0.4) is 0 Å². The largest absolute Gasteiger partial charge is 0.482 e. The molecule has 0 bridgehead atoms. The molecule has 21 heavy (non-hydrogen) atoms. The maximum atomic E-state index is 12.1. The maximum absolute atomic E-state index is 12.1. The number of carbonyl (C=O) groups is 1. The van der Waals surface area contributed by atoms with Gasteiger partial charge in [-0.05, 0) is 38.0 Å². The lowest BCUT2D eigenvalue weighted by molar-refractivity contribution is -0.133. The number of halogens is 1. The molecular formula is C13H17BrN2O4S. The number of amides is 1. The number of benzene rings is 1. The first-order valence-electron chi connectivity index (χ1n) is 6.57. The molecule has 1 fully saturated rings. The van der Waals surface area contributed by atoms with E-state index in [1.165, 1.54) is 12.1 Å². The first-order chi connectivity index (χ1) is 9.82. The van der Waals surface area contributed by atoms with E-state index in [1.54, 1.807) is 11.0 Å². The minimum absolute atomic E-state index is 0.0842. The highest BCUT2D eigenvalue weighted by Crippen LogP contribution is 2.28. The molecule has 8 heteroatoms. The molecule has 1 aromatic carbocycles. The highest BCUT2D eigenvalue weighted by atomic mass is 79.9. The third kappa shape index (κ3) is 4.18. The van der Waals surface area contributed by atoms with Crippen molar-refractivity contribution in [2.24, 2.45) is 5.14 Å². The summed E-state index contributed by atoms with van der Waals surface area (Å²) in [5.74, 6) is -0.0656. The summed E-state index contributed by atoms with van der Waals surface area (Å²) >= 11 is 3.18. The summed E-state index contributed by atoms with van der Waals surface area (Å²) in [7, 11) is -3.91. The fourth-order valence-corrected chi connectivity index (χ4v) is 3.28. The molecule has 6 nitrogen and oxygen atoms in total. The predicted octanol–water partition coefficient (Wildman–Crippen LogP) is 1.49. The molecule has 1 amide bonds. The zero-order chi connectivity index (χ0) is 15.6. The number of nitrogens with two attached hydrogens (primary N) is 1. The quantitative estimate of drug-likeness (QED) is 0.813. The number of ether oxygens (including phenoxy) is 1. The van der Waals surface area contributed by atoms with Crippen LogP contribution in [0.25, 0.3) is 0 Å². The minimum atomic E-state index is -3.91. The second-order valence-corrected chi connectivity index (χ2v) is 7.28. The van der Waals surface area contributed by atoms with E-state index in [4.69, 9.17) is 9.88 Å². The Morgan fingerprint density at radius 3 is 2.67 bits per heavy atom. The monoisotopic (exact) mass is 376 g/mol. The molecule has 0 aliphatic heterocycles. The van der Waals surface area contributed by atoms with Crippen LogP contribution in [0.5, 0.6) is 5.75 Å². The van der Waals surface area contributed by atoms with Crippen LogP contribution >= 0.6 is 15.9 Å². The standard InChI is InChI=1S/C13H17BrN2O4S/c1-2-16(10-4-5-10)13(17)8-20-11-6-3-9(14)7-12(11)21(15,18)19/h3,6-7,10H,2,4-5,8H2,1H3,(H2,15,18,19). The van der Waals surface area contributed by atoms with Gasteiger partial charge in [0.1, 0.15) is 10.6 Å². The molecule has 116 valence electrons. The van der Waals surface area contributed by atoms with Gasteiger partial charge in [-0.2, -0.15) is 0 Å². The van der Waals surface area contributed by atoms with Crippen LogP contribution in [-0.2, 0) is 14.8 Å². The summed E-state index contributed by atoms with van der Waals surface area (Å²) in [5.41, 5.74) is 0. The fourth-order valence-electron chi connectivity index (χ4n) is 2.07. The van der Waals surface area contributed by atoms with Gasteiger partial charge in [-0.1, -0.05) is 15.9 Å². The van der Waals surface area contributed by atoms with Gasteiger partial charge in [0.15, 0.2) is 6.61 Å². The van der Waals surface area contributed by atoms with Crippen molar-refractivity contribution in [3.8, 4) is 5.75 Å². The van der Waals surface area contributed by atoms with E-state index in [-0.39, 0.29) is 23.2 Å². The van der Waals surface area contributed by atoms with Gasteiger partial charge in [0, 0.05) is 17.1 Å². The van der Waals surface area contributed by atoms with E-state index in [0.717, 1.165) is 12.8 Å². The molecule has 0 aromatic heterocycles. The Bertz CT molecular complexity index is 644. The van der Waals surface area contributed by atoms with Crippen LogP contribution < -0.4 is 9.88 Å². The van der Waals surface area contributed by atoms with Gasteiger partial charge < -0.3 is 9.64 Å². The SMILES string of the molecule is CCN(C(=O)COc1ccc(Br)cc1S(N)(=O)=O)C1CC1. The first kappa shape index (κ1) is 16.3. The number of nitrogens with zero attached hydrogens (tertiary/aromatic N) is 1. The lowest BCUT2D eigenvalue weighted by Gasteiger charge is -2.20. The Kier molecular flexibility index (Phi) is 4.90. The highest BCUT2D eigenvalue weighted by molar-refractivity contribution is 9.10. The van der Waals surface area contributed by atoms with Crippen molar-refractivity contribution in [1.82, 2.24) is 4.90 Å². The Balaban J connectivity index is 2.11. The van der Waals surface area contributed by atoms with Crippen molar-refractivity contribution < 1.29 is 17.9 Å². The molecule has 0 saturated heterocycles. The van der Waals surface area contributed by atoms with E-state index >= 15 is 0 Å². The van der Waals surface area contributed by atoms with Gasteiger partial charge in [0.05, 0.1) is 0 Å². The van der Waals surface area contributed by atoms with Crippen LogP contribution in [0.1, 0.15) is 19.8 Å². The lowest BCUT2D eigenvalue weighted by Crippen LogP contribution is -2.36. The molecule has 1 aliphatic carbocycles. The number of hydrogen-bond acceptors (Lipinski definition) is 4. The second-order valence-electron chi connectivity index (χ2n) is 4.84. The zero-order valence-corrected chi connectivity index (χ0v) is 14.0. The molecule has 0 radical (unpaired) electrons. The Morgan fingerprint density at radius 1 is 1.48 bits per heavy atom. The van der Waals surface area contributed by atoms with E-state index in [1.807, 2.05) is 6.92 Å². The number of rotatable bonds is 6. The lowest BCUT2D eigenvalue weighted by atomic mass is 10.3. The molecule has 1 aromatic rings. The van der Waals surface area contributed by atoms with Crippen LogP contribution in [-0.4, -0.2) is 38.4 Å². The number of primary sulfonamides is 1. The smallest absolute Gasteiger partial charge is 0.260 e. The van der Waals surface area contributed by atoms with Crippen LogP contribution in [0, 0.1) is 0 Å². The van der Waals surface area contributed by atoms with Crippen molar-refractivity contribution >= 4 is 31.9 Å². The number of sulfonamides is 1. The molecule has 2 N–H and O–H groups in total. The average molecular weight is 377 g/mol. The summed E-state index contributed by atoms with van der Waals surface area (Å²) in [6.45, 7) is 2.33. The molecule has 1 aliphatic rings. The summed E-state index contributed by atoms with van der Waals surface area (Å²) in [4.78, 5) is 13.7. The molecular weight excluding hydrogens is 360 g/mol. The van der Waals surface area contributed by atoms with Crippen molar-refractivity contribution in [3.05, 3.63) is 22.7 Å². The molecule has 2 rings (SSSR count). The van der Waals surface area contributed by atoms with Gasteiger partial charge in [-0.15, -0.1) is 0 Å². The summed E-state index contributed by atoms with van der Waals surface area (Å²) in [5, 5.41) is 5.15. The minimum Gasteiger partial charge on any atom is -0.482 e. The second kappa shape index (κ2) is 6.33. The fraction of sp³-hybridized carbons (Fsp3) is 0.462. The van der Waals surface area contributed by atoms with Crippen LogP contribution in [0.2, 0.25) is 0 Å². The van der Waals surface area contributed by atoms with Crippen molar-refractivity contribution in [1.29, 1.82) is 0 Å². The first-order valence-corrected chi connectivity index (χ1v) is 8.91. The number of hydrogen-bond donors (Lipinski definition) is 1. The molecule has 0 spiro atoms. The topological polar surface area (TPSA) is 89.7 Å². The maximum Gasteiger partial charge on any atom is 0.260 e. The number of likely N-dealkylation sites (N-methyl/N-ethyl adjacent to an activating group) is 1. The van der Waals surface area contributed by atoms with Gasteiger partial charge in [-0.3, -0.25) is 4.79 Å².